The average molecular weight is 169 g/mol. The fourth-order valence-electron chi connectivity index (χ4n) is 0.945. The van der Waals surface area contributed by atoms with Crippen LogP contribution in [-0.4, -0.2) is 34.9 Å². The van der Waals surface area contributed by atoms with Crippen molar-refractivity contribution < 1.29 is 19.8 Å². The second kappa shape index (κ2) is 3.17. The Hall–Kier alpha value is -1.65. The van der Waals surface area contributed by atoms with E-state index in [2.05, 4.69) is 4.99 Å². The molecule has 0 spiro atoms. The monoisotopic (exact) mass is 169 g/mol. The third-order valence-corrected chi connectivity index (χ3v) is 1.57. The van der Waals surface area contributed by atoms with E-state index in [9.17, 15) is 9.59 Å². The fourth-order valence-corrected chi connectivity index (χ4v) is 0.945. The number of dihydropyridines is 1. The van der Waals surface area contributed by atoms with Crippen LogP contribution in [0.15, 0.2) is 16.6 Å². The van der Waals surface area contributed by atoms with Gasteiger partial charge in [0.1, 0.15) is 5.92 Å². The molecule has 0 aromatic rings. The Labute approximate surface area is 68.0 Å². The van der Waals surface area contributed by atoms with Crippen LogP contribution < -0.4 is 0 Å². The summed E-state index contributed by atoms with van der Waals surface area (Å²) in [5.41, 5.74) is -0.113. The molecule has 0 amide bonds. The zero-order valence-electron chi connectivity index (χ0n) is 6.10. The molecular weight excluding hydrogens is 162 g/mol. The molecule has 0 aromatic carbocycles. The predicted octanol–water partition coefficient (Wildman–Crippen LogP) is -0.217. The number of hydrogen-bond acceptors (Lipinski definition) is 3. The van der Waals surface area contributed by atoms with E-state index in [4.69, 9.17) is 10.2 Å². The van der Waals surface area contributed by atoms with Crippen LogP contribution >= 0.6 is 0 Å². The average Bonchev–Trinajstić information content (AvgIpc) is 2.04. The van der Waals surface area contributed by atoms with Gasteiger partial charge in [-0.15, -0.1) is 0 Å². The van der Waals surface area contributed by atoms with Crippen molar-refractivity contribution in [2.45, 2.75) is 0 Å². The minimum atomic E-state index is -1.20. The van der Waals surface area contributed by atoms with Crippen molar-refractivity contribution in [2.24, 2.45) is 10.9 Å². The Morgan fingerprint density at radius 2 is 2.17 bits per heavy atom. The first-order valence-corrected chi connectivity index (χ1v) is 3.29. The lowest BCUT2D eigenvalue weighted by Crippen LogP contribution is -2.26. The minimum Gasteiger partial charge on any atom is -0.481 e. The number of nitrogens with zero attached hydrogens (tertiary/aromatic N) is 1. The van der Waals surface area contributed by atoms with Crippen molar-refractivity contribution in [2.75, 3.05) is 6.54 Å². The molecule has 1 rings (SSSR count). The van der Waals surface area contributed by atoms with Gasteiger partial charge in [0.15, 0.2) is 0 Å². The highest BCUT2D eigenvalue weighted by Gasteiger charge is 2.27. The minimum absolute atomic E-state index is 0.00741. The maximum absolute atomic E-state index is 10.5. The van der Waals surface area contributed by atoms with Crippen LogP contribution in [0.3, 0.4) is 0 Å². The normalized spacial score (nSPS) is 21.7. The van der Waals surface area contributed by atoms with Crippen LogP contribution in [0.5, 0.6) is 0 Å². The van der Waals surface area contributed by atoms with E-state index in [1.807, 2.05) is 0 Å². The highest BCUT2D eigenvalue weighted by molar-refractivity contribution is 5.98. The summed E-state index contributed by atoms with van der Waals surface area (Å²) >= 11 is 0. The first kappa shape index (κ1) is 8.45. The molecule has 0 saturated carbocycles. The number of aliphatic carboxylic acids is 2. The quantitative estimate of drug-likeness (QED) is 0.598. The number of carboxylic acid groups (broad SMARTS) is 2. The van der Waals surface area contributed by atoms with Crippen molar-refractivity contribution in [3.8, 4) is 0 Å². The Bertz CT molecular complexity index is 279. The van der Waals surface area contributed by atoms with Crippen molar-refractivity contribution in [3.05, 3.63) is 11.6 Å². The van der Waals surface area contributed by atoms with Crippen LogP contribution in [0.25, 0.3) is 0 Å². The number of allylic oxidation sites excluding steroid dienone is 1. The molecule has 1 aliphatic rings. The topological polar surface area (TPSA) is 87.0 Å². The summed E-state index contributed by atoms with van der Waals surface area (Å²) in [6, 6.07) is 0. The maximum atomic E-state index is 10.5. The molecule has 1 atom stereocenters. The zero-order valence-corrected chi connectivity index (χ0v) is 6.10. The van der Waals surface area contributed by atoms with E-state index in [-0.39, 0.29) is 12.1 Å². The molecule has 1 unspecified atom stereocenters. The number of carboxylic acids is 2. The van der Waals surface area contributed by atoms with Crippen LogP contribution in [0.1, 0.15) is 0 Å². The summed E-state index contributed by atoms with van der Waals surface area (Å²) in [6.45, 7) is 0.00741. The van der Waals surface area contributed by atoms with Gasteiger partial charge in [-0.2, -0.15) is 0 Å². The van der Waals surface area contributed by atoms with Crippen LogP contribution in [0.2, 0.25) is 0 Å². The summed E-state index contributed by atoms with van der Waals surface area (Å²) in [7, 11) is 0. The number of aliphatic imine (C=N–C) groups is 1. The number of carbonyl (C=O) groups is 2. The van der Waals surface area contributed by atoms with Crippen LogP contribution in [0, 0.1) is 5.92 Å². The van der Waals surface area contributed by atoms with Gasteiger partial charge in [-0.3, -0.25) is 9.79 Å². The summed E-state index contributed by atoms with van der Waals surface area (Å²) in [6.07, 6.45) is 2.52. The summed E-state index contributed by atoms with van der Waals surface area (Å²) < 4.78 is 0. The molecule has 12 heavy (non-hydrogen) atoms. The van der Waals surface area contributed by atoms with Crippen molar-refractivity contribution in [1.29, 1.82) is 0 Å². The first-order valence-electron chi connectivity index (χ1n) is 3.29. The summed E-state index contributed by atoms with van der Waals surface area (Å²) in [4.78, 5) is 24.6. The molecule has 1 aliphatic heterocycles. The third kappa shape index (κ3) is 1.50. The van der Waals surface area contributed by atoms with Gasteiger partial charge in [-0.25, -0.2) is 4.79 Å². The highest BCUT2D eigenvalue weighted by Crippen LogP contribution is 2.14. The lowest BCUT2D eigenvalue weighted by molar-refractivity contribution is -0.143. The molecule has 1 heterocycles. The molecular formula is C7H7NO4. The smallest absolute Gasteiger partial charge is 0.332 e. The Morgan fingerprint density at radius 1 is 1.50 bits per heavy atom. The van der Waals surface area contributed by atoms with Crippen molar-refractivity contribution in [3.63, 3.8) is 0 Å². The number of rotatable bonds is 2. The summed E-state index contributed by atoms with van der Waals surface area (Å²) in [5.74, 6) is -3.36. The van der Waals surface area contributed by atoms with Gasteiger partial charge in [0.2, 0.25) is 0 Å². The van der Waals surface area contributed by atoms with E-state index < -0.39 is 17.9 Å². The molecule has 0 aliphatic carbocycles. The molecule has 5 heteroatoms. The molecule has 2 N–H and O–H groups in total. The Kier molecular flexibility index (Phi) is 2.23. The maximum Gasteiger partial charge on any atom is 0.332 e. The summed E-state index contributed by atoms with van der Waals surface area (Å²) in [5, 5.41) is 17.1. The lowest BCUT2D eigenvalue weighted by Gasteiger charge is -2.12. The molecule has 5 nitrogen and oxygen atoms in total. The SMILES string of the molecule is O=C(O)C1=CC=NCC1C(=O)O. The molecule has 64 valence electrons. The molecule has 0 aromatic heterocycles. The van der Waals surface area contributed by atoms with E-state index >= 15 is 0 Å². The van der Waals surface area contributed by atoms with Crippen LogP contribution in [-0.2, 0) is 9.59 Å². The second-order valence-electron chi connectivity index (χ2n) is 2.33. The van der Waals surface area contributed by atoms with Crippen LogP contribution in [0.4, 0.5) is 0 Å². The van der Waals surface area contributed by atoms with Gasteiger partial charge >= 0.3 is 11.9 Å². The zero-order chi connectivity index (χ0) is 9.14. The number of hydrogen-bond donors (Lipinski definition) is 2. The Morgan fingerprint density at radius 3 is 2.58 bits per heavy atom. The molecule has 0 fully saturated rings. The fraction of sp³-hybridized carbons (Fsp3) is 0.286. The van der Waals surface area contributed by atoms with Crippen molar-refractivity contribution >= 4 is 18.2 Å². The van der Waals surface area contributed by atoms with E-state index in [1.165, 1.54) is 12.3 Å². The van der Waals surface area contributed by atoms with E-state index in [0.717, 1.165) is 0 Å². The standard InChI is InChI=1S/C7H7NO4/c9-6(10)4-1-2-8-3-5(4)7(11)12/h1-2,5H,3H2,(H,9,10)(H,11,12). The first-order chi connectivity index (χ1) is 5.63. The van der Waals surface area contributed by atoms with E-state index in [1.54, 1.807) is 0 Å². The predicted molar refractivity (Wildman–Crippen MR) is 40.2 cm³/mol. The largest absolute Gasteiger partial charge is 0.481 e. The van der Waals surface area contributed by atoms with Gasteiger partial charge in [0, 0.05) is 6.21 Å². The highest BCUT2D eigenvalue weighted by atomic mass is 16.4. The van der Waals surface area contributed by atoms with Crippen molar-refractivity contribution in [1.82, 2.24) is 0 Å². The lowest BCUT2D eigenvalue weighted by atomic mass is 9.97. The van der Waals surface area contributed by atoms with Gasteiger partial charge in [0.05, 0.1) is 12.1 Å². The molecule has 0 radical (unpaired) electrons. The van der Waals surface area contributed by atoms with Gasteiger partial charge in [0.25, 0.3) is 0 Å². The second-order valence-corrected chi connectivity index (χ2v) is 2.33. The van der Waals surface area contributed by atoms with Gasteiger partial charge in [-0.1, -0.05) is 0 Å². The third-order valence-electron chi connectivity index (χ3n) is 1.57. The Balaban J connectivity index is 2.91. The van der Waals surface area contributed by atoms with E-state index in [0.29, 0.717) is 0 Å². The molecule has 0 saturated heterocycles. The molecule has 0 bridgehead atoms. The van der Waals surface area contributed by atoms with Gasteiger partial charge < -0.3 is 10.2 Å². The van der Waals surface area contributed by atoms with Gasteiger partial charge in [-0.05, 0) is 6.08 Å².